The Morgan fingerprint density at radius 3 is 2.79 bits per heavy atom. The van der Waals surface area contributed by atoms with Crippen molar-refractivity contribution < 1.29 is 0 Å². The molecule has 0 saturated heterocycles. The van der Waals surface area contributed by atoms with Crippen molar-refractivity contribution in [1.82, 2.24) is 9.38 Å². The van der Waals surface area contributed by atoms with Gasteiger partial charge in [0.1, 0.15) is 5.65 Å². The number of fused-ring (bicyclic) bond motifs is 5. The normalized spacial score (nSPS) is 12.8. The van der Waals surface area contributed by atoms with Gasteiger partial charge in [-0.25, -0.2) is 4.98 Å². The predicted octanol–water partition coefficient (Wildman–Crippen LogP) is 4.74. The number of hydrogen-bond acceptors (Lipinski definition) is 1. The van der Waals surface area contributed by atoms with E-state index in [4.69, 9.17) is 4.98 Å². The van der Waals surface area contributed by atoms with Crippen molar-refractivity contribution >= 4 is 37.5 Å². The van der Waals surface area contributed by atoms with Crippen LogP contribution in [0.15, 0.2) is 39.3 Å². The van der Waals surface area contributed by atoms with Gasteiger partial charge < -0.3 is 0 Å². The van der Waals surface area contributed by atoms with Crippen LogP contribution in [0.1, 0.15) is 17.0 Å². The molecule has 2 aromatic heterocycles. The summed E-state index contributed by atoms with van der Waals surface area (Å²) in [5.41, 5.74) is 7.23. The fourth-order valence-electron chi connectivity index (χ4n) is 2.84. The Bertz CT molecular complexity index is 834. The van der Waals surface area contributed by atoms with Gasteiger partial charge in [-0.15, -0.1) is 0 Å². The third kappa shape index (κ3) is 1.50. The Labute approximate surface area is 127 Å². The van der Waals surface area contributed by atoms with E-state index in [1.807, 2.05) is 0 Å². The third-order valence-corrected chi connectivity index (χ3v) is 5.36. The minimum Gasteiger partial charge on any atom is -0.299 e. The molecule has 1 aromatic carbocycles. The van der Waals surface area contributed by atoms with Gasteiger partial charge in [-0.1, -0.05) is 28.1 Å². The monoisotopic (exact) mass is 376 g/mol. The highest BCUT2D eigenvalue weighted by molar-refractivity contribution is 9.10. The Morgan fingerprint density at radius 2 is 1.95 bits per heavy atom. The quantitative estimate of drug-likeness (QED) is 0.432. The Hall–Kier alpha value is -1.13. The average molecular weight is 378 g/mol. The van der Waals surface area contributed by atoms with Gasteiger partial charge in [-0.05, 0) is 46.6 Å². The summed E-state index contributed by atoms with van der Waals surface area (Å²) in [7, 11) is 0. The number of rotatable bonds is 0. The number of nitrogens with zero attached hydrogens (tertiary/aromatic N) is 2. The number of imidazole rings is 1. The van der Waals surface area contributed by atoms with Gasteiger partial charge in [-0.2, -0.15) is 0 Å². The summed E-state index contributed by atoms with van der Waals surface area (Å²) in [5.74, 6) is 0. The van der Waals surface area contributed by atoms with Crippen LogP contribution in [-0.4, -0.2) is 9.38 Å². The molecular weight excluding hydrogens is 368 g/mol. The first-order chi connectivity index (χ1) is 9.16. The van der Waals surface area contributed by atoms with Gasteiger partial charge in [0.25, 0.3) is 0 Å². The fraction of sp³-hybridized carbons (Fsp3) is 0.133. The summed E-state index contributed by atoms with van der Waals surface area (Å²) in [6, 6.07) is 10.5. The first kappa shape index (κ1) is 11.7. The molecule has 94 valence electrons. The van der Waals surface area contributed by atoms with Gasteiger partial charge >= 0.3 is 0 Å². The second kappa shape index (κ2) is 3.93. The summed E-state index contributed by atoms with van der Waals surface area (Å²) < 4.78 is 4.55. The minimum atomic E-state index is 0.935. The summed E-state index contributed by atoms with van der Waals surface area (Å²) >= 11 is 7.24. The Morgan fingerprint density at radius 1 is 1.11 bits per heavy atom. The van der Waals surface area contributed by atoms with Crippen LogP contribution in [0.5, 0.6) is 0 Å². The second-order valence-electron chi connectivity index (χ2n) is 4.81. The molecule has 0 fully saturated rings. The molecule has 0 saturated carbocycles. The maximum atomic E-state index is 4.80. The first-order valence-electron chi connectivity index (χ1n) is 6.11. The van der Waals surface area contributed by atoms with E-state index in [1.165, 1.54) is 27.0 Å². The van der Waals surface area contributed by atoms with E-state index in [2.05, 4.69) is 73.5 Å². The van der Waals surface area contributed by atoms with E-state index >= 15 is 0 Å². The third-order valence-electron chi connectivity index (χ3n) is 3.78. The molecule has 4 heteroatoms. The highest BCUT2D eigenvalue weighted by Gasteiger charge is 2.26. The van der Waals surface area contributed by atoms with Gasteiger partial charge in [0.05, 0.1) is 11.4 Å². The molecule has 0 spiro atoms. The predicted molar refractivity (Wildman–Crippen MR) is 83.6 cm³/mol. The van der Waals surface area contributed by atoms with Crippen molar-refractivity contribution in [2.45, 2.75) is 13.3 Å². The zero-order valence-corrected chi connectivity index (χ0v) is 13.4. The van der Waals surface area contributed by atoms with Crippen LogP contribution in [0, 0.1) is 6.92 Å². The van der Waals surface area contributed by atoms with E-state index in [-0.39, 0.29) is 0 Å². The molecule has 3 aromatic rings. The maximum Gasteiger partial charge on any atom is 0.137 e. The lowest BCUT2D eigenvalue weighted by Gasteiger charge is -2.06. The van der Waals surface area contributed by atoms with Crippen LogP contribution in [0.2, 0.25) is 0 Å². The zero-order valence-electron chi connectivity index (χ0n) is 10.2. The van der Waals surface area contributed by atoms with E-state index in [1.54, 1.807) is 0 Å². The molecular formula is C15H10Br2N2. The van der Waals surface area contributed by atoms with Crippen molar-refractivity contribution in [2.24, 2.45) is 0 Å². The number of halogens is 2. The summed E-state index contributed by atoms with van der Waals surface area (Å²) in [4.78, 5) is 4.80. The molecule has 4 rings (SSSR count). The van der Waals surface area contributed by atoms with Gasteiger partial charge in [-0.3, -0.25) is 4.40 Å². The number of aromatic nitrogens is 2. The summed E-state index contributed by atoms with van der Waals surface area (Å²) in [6.45, 7) is 2.12. The molecule has 0 aliphatic heterocycles. The zero-order chi connectivity index (χ0) is 13.1. The number of benzene rings is 1. The highest BCUT2D eigenvalue weighted by Crippen LogP contribution is 2.40. The lowest BCUT2D eigenvalue weighted by atomic mass is 10.1. The fourth-order valence-corrected chi connectivity index (χ4v) is 3.66. The highest BCUT2D eigenvalue weighted by atomic mass is 79.9. The molecule has 0 unspecified atom stereocenters. The largest absolute Gasteiger partial charge is 0.299 e. The van der Waals surface area contributed by atoms with Gasteiger partial charge in [0.15, 0.2) is 0 Å². The lowest BCUT2D eigenvalue weighted by molar-refractivity contribution is 0.990. The molecule has 1 aliphatic rings. The average Bonchev–Trinajstić information content (AvgIpc) is 2.91. The molecule has 1 aliphatic carbocycles. The molecule has 2 heterocycles. The van der Waals surface area contributed by atoms with Gasteiger partial charge in [0.2, 0.25) is 0 Å². The van der Waals surface area contributed by atoms with Gasteiger partial charge in [0, 0.05) is 26.6 Å². The number of aryl methyl sites for hydroxylation is 1. The van der Waals surface area contributed by atoms with E-state index < -0.39 is 0 Å². The minimum absolute atomic E-state index is 0.935. The standard InChI is InChI=1S/C15H10Br2N2/c1-8-11(16)5-6-14-18-15-9-3-2-4-12(17)10(9)7-13(15)19(8)14/h2-6H,7H2,1H3. The summed E-state index contributed by atoms with van der Waals surface area (Å²) in [5, 5.41) is 0. The first-order valence-corrected chi connectivity index (χ1v) is 7.69. The Balaban J connectivity index is 2.11. The molecule has 0 atom stereocenters. The maximum absolute atomic E-state index is 4.80. The topological polar surface area (TPSA) is 17.3 Å². The Kier molecular flexibility index (Phi) is 2.42. The van der Waals surface area contributed by atoms with Crippen molar-refractivity contribution in [3.05, 3.63) is 56.2 Å². The van der Waals surface area contributed by atoms with Crippen molar-refractivity contribution in [1.29, 1.82) is 0 Å². The van der Waals surface area contributed by atoms with Crippen LogP contribution in [-0.2, 0) is 6.42 Å². The molecule has 2 nitrogen and oxygen atoms in total. The molecule has 0 bridgehead atoms. The van der Waals surface area contributed by atoms with Crippen molar-refractivity contribution in [2.75, 3.05) is 0 Å². The lowest BCUT2D eigenvalue weighted by Crippen LogP contribution is -1.97. The van der Waals surface area contributed by atoms with Crippen molar-refractivity contribution in [3.8, 4) is 11.3 Å². The number of pyridine rings is 1. The van der Waals surface area contributed by atoms with E-state index in [0.29, 0.717) is 0 Å². The van der Waals surface area contributed by atoms with Crippen LogP contribution in [0.4, 0.5) is 0 Å². The van der Waals surface area contributed by atoms with Crippen LogP contribution in [0.3, 0.4) is 0 Å². The molecule has 0 radical (unpaired) electrons. The smallest absolute Gasteiger partial charge is 0.137 e. The second-order valence-corrected chi connectivity index (χ2v) is 6.52. The van der Waals surface area contributed by atoms with E-state index in [9.17, 15) is 0 Å². The van der Waals surface area contributed by atoms with Crippen LogP contribution < -0.4 is 0 Å². The molecule has 19 heavy (non-hydrogen) atoms. The molecule has 0 amide bonds. The molecule has 0 N–H and O–H groups in total. The SMILES string of the molecule is Cc1c(Br)ccc2nc3c(n12)Cc1c(Br)cccc1-3. The number of hydrogen-bond donors (Lipinski definition) is 0. The van der Waals surface area contributed by atoms with Crippen LogP contribution >= 0.6 is 31.9 Å². The summed E-state index contributed by atoms with van der Waals surface area (Å²) in [6.07, 6.45) is 0.935. The van der Waals surface area contributed by atoms with Crippen molar-refractivity contribution in [3.63, 3.8) is 0 Å². The van der Waals surface area contributed by atoms with E-state index in [0.717, 1.165) is 22.2 Å². The van der Waals surface area contributed by atoms with Crippen LogP contribution in [0.25, 0.3) is 16.9 Å².